The molecule has 0 radical (unpaired) electrons. The first-order valence-electron chi connectivity index (χ1n) is 8.66. The van der Waals surface area contributed by atoms with E-state index < -0.39 is 20.8 Å². The fraction of sp³-hybridized carbons (Fsp3) is 0.444. The summed E-state index contributed by atoms with van der Waals surface area (Å²) in [5, 5.41) is 10.4. The van der Waals surface area contributed by atoms with E-state index in [0.29, 0.717) is 12.2 Å². The molecular formula is C18H27ClN4O5S. The van der Waals surface area contributed by atoms with Crippen LogP contribution < -0.4 is 15.6 Å². The van der Waals surface area contributed by atoms with Crippen molar-refractivity contribution < 1.29 is 23.1 Å². The van der Waals surface area contributed by atoms with Gasteiger partial charge in [-0.1, -0.05) is 0 Å². The summed E-state index contributed by atoms with van der Waals surface area (Å²) in [5.41, 5.74) is 5.50. The van der Waals surface area contributed by atoms with Crippen LogP contribution in [0.1, 0.15) is 26.0 Å². The number of aliphatic hydroxyl groups excluding tert-OH is 1. The molecule has 0 aliphatic rings. The van der Waals surface area contributed by atoms with Gasteiger partial charge >= 0.3 is 0 Å². The minimum Gasteiger partial charge on any atom is -0.497 e. The van der Waals surface area contributed by atoms with Crippen LogP contribution in [0.4, 0.5) is 0 Å². The Morgan fingerprint density at radius 3 is 2.45 bits per heavy atom. The van der Waals surface area contributed by atoms with E-state index in [2.05, 4.69) is 15.8 Å². The molecule has 1 aromatic heterocycles. The molecule has 1 aromatic carbocycles. The second-order valence-corrected chi connectivity index (χ2v) is 9.44. The lowest BCUT2D eigenvalue weighted by Crippen LogP contribution is -2.57. The number of hydrogen-bond donors (Lipinski definition) is 3. The molecule has 0 saturated heterocycles. The Hall–Kier alpha value is -2.14. The predicted molar refractivity (Wildman–Crippen MR) is 110 cm³/mol. The van der Waals surface area contributed by atoms with Gasteiger partial charge in [0.25, 0.3) is 0 Å². The number of nitrogens with zero attached hydrogens (tertiary/aromatic N) is 2. The molecule has 162 valence electrons. The normalized spacial score (nSPS) is 12.7. The molecule has 1 unspecified atom stereocenters. The molecule has 3 N–H and O–H groups in total. The molecule has 9 nitrogen and oxygen atoms in total. The van der Waals surface area contributed by atoms with Gasteiger partial charge < -0.3 is 14.4 Å². The molecule has 0 fully saturated rings. The molecule has 2 rings (SSSR count). The number of imidazole rings is 1. The molecule has 11 heteroatoms. The van der Waals surface area contributed by atoms with Crippen LogP contribution in [-0.2, 0) is 28.1 Å². The number of hydrogen-bond acceptors (Lipinski definition) is 7. The van der Waals surface area contributed by atoms with Crippen molar-refractivity contribution in [1.29, 1.82) is 0 Å². The van der Waals surface area contributed by atoms with Crippen LogP contribution in [0, 0.1) is 0 Å². The number of carbonyl (C=O) groups is 1. The van der Waals surface area contributed by atoms with E-state index in [4.69, 9.17) is 4.74 Å². The number of hydrazine groups is 1. The Balaban J connectivity index is 0.00000420. The van der Waals surface area contributed by atoms with E-state index >= 15 is 0 Å². The summed E-state index contributed by atoms with van der Waals surface area (Å²) in [5.74, 6) is 0.137. The maximum Gasteiger partial charge on any atom is 0.234 e. The van der Waals surface area contributed by atoms with Gasteiger partial charge in [-0.15, -0.1) is 12.4 Å². The molecule has 29 heavy (non-hydrogen) atoms. The van der Waals surface area contributed by atoms with Crippen LogP contribution in [0.5, 0.6) is 5.75 Å². The van der Waals surface area contributed by atoms with E-state index in [1.54, 1.807) is 17.1 Å². The molecule has 2 aromatic rings. The third kappa shape index (κ3) is 5.92. The Morgan fingerprint density at radius 2 is 1.93 bits per heavy atom. The zero-order valence-electron chi connectivity index (χ0n) is 16.7. The Kier molecular flexibility index (Phi) is 8.64. The van der Waals surface area contributed by atoms with Crippen molar-refractivity contribution in [1.82, 2.24) is 20.4 Å². The lowest BCUT2D eigenvalue weighted by Gasteiger charge is -2.30. The highest BCUT2D eigenvalue weighted by Crippen LogP contribution is 2.28. The van der Waals surface area contributed by atoms with Crippen molar-refractivity contribution in [3.8, 4) is 5.75 Å². The Labute approximate surface area is 176 Å². The van der Waals surface area contributed by atoms with E-state index in [1.165, 1.54) is 45.2 Å². The first kappa shape index (κ1) is 24.9. The summed E-state index contributed by atoms with van der Waals surface area (Å²) in [6, 6.07) is 5.88. The topological polar surface area (TPSA) is 123 Å². The van der Waals surface area contributed by atoms with Crippen LogP contribution in [0.2, 0.25) is 0 Å². The summed E-state index contributed by atoms with van der Waals surface area (Å²) in [4.78, 5) is 16.1. The number of benzene rings is 1. The highest BCUT2D eigenvalue weighted by atomic mass is 35.5. The van der Waals surface area contributed by atoms with Crippen molar-refractivity contribution in [3.63, 3.8) is 0 Å². The van der Waals surface area contributed by atoms with Gasteiger partial charge in [0, 0.05) is 19.7 Å². The predicted octanol–water partition coefficient (Wildman–Crippen LogP) is 0.975. The highest BCUT2D eigenvalue weighted by Gasteiger charge is 2.42. The lowest BCUT2D eigenvalue weighted by atomic mass is 10.2. The average molecular weight is 447 g/mol. The zero-order valence-corrected chi connectivity index (χ0v) is 18.4. The third-order valence-electron chi connectivity index (χ3n) is 4.44. The molecule has 1 atom stereocenters. The van der Waals surface area contributed by atoms with Crippen molar-refractivity contribution in [3.05, 3.63) is 42.5 Å². The summed E-state index contributed by atoms with van der Waals surface area (Å²) in [6.45, 7) is 2.76. The number of aromatic nitrogens is 2. The fourth-order valence-electron chi connectivity index (χ4n) is 2.43. The maximum absolute atomic E-state index is 12.9. The molecule has 1 amide bonds. The number of nitrogens with one attached hydrogen (secondary N) is 2. The second-order valence-electron chi connectivity index (χ2n) is 6.91. The van der Waals surface area contributed by atoms with Crippen LogP contribution in [-0.4, -0.2) is 47.1 Å². The van der Waals surface area contributed by atoms with Crippen molar-refractivity contribution in [2.24, 2.45) is 7.05 Å². The van der Waals surface area contributed by atoms with Crippen LogP contribution in [0.3, 0.4) is 0 Å². The number of sulfone groups is 1. The quantitative estimate of drug-likeness (QED) is 0.387. The number of rotatable bonds is 9. The van der Waals surface area contributed by atoms with Crippen LogP contribution >= 0.6 is 12.4 Å². The SMILES string of the molecule is COc1ccc(S(=O)(=O)C(C)(C)C(O)NNC(=O)CCc2cn(C)cn2)cc1.Cl. The minimum atomic E-state index is -3.90. The maximum atomic E-state index is 12.9. The van der Waals surface area contributed by atoms with E-state index in [1.807, 2.05) is 7.05 Å². The van der Waals surface area contributed by atoms with Crippen LogP contribution in [0.25, 0.3) is 0 Å². The number of carbonyl (C=O) groups excluding carboxylic acids is 1. The Morgan fingerprint density at radius 1 is 1.31 bits per heavy atom. The molecule has 0 bridgehead atoms. The molecule has 0 aliphatic heterocycles. The first-order chi connectivity index (χ1) is 13.1. The van der Waals surface area contributed by atoms with E-state index in [0.717, 1.165) is 5.69 Å². The Bertz CT molecular complexity index is 913. The monoisotopic (exact) mass is 446 g/mol. The van der Waals surface area contributed by atoms with Gasteiger partial charge in [0.2, 0.25) is 5.91 Å². The number of amides is 1. The number of halogens is 1. The van der Waals surface area contributed by atoms with E-state index in [9.17, 15) is 18.3 Å². The third-order valence-corrected chi connectivity index (χ3v) is 6.94. The summed E-state index contributed by atoms with van der Waals surface area (Å²) in [7, 11) is -0.578. The molecule has 0 saturated carbocycles. The average Bonchev–Trinajstić information content (AvgIpc) is 3.09. The lowest BCUT2D eigenvalue weighted by molar-refractivity contribution is -0.123. The molecular weight excluding hydrogens is 420 g/mol. The van der Waals surface area contributed by atoms with Gasteiger partial charge in [-0.2, -0.15) is 0 Å². The molecule has 0 aliphatic carbocycles. The van der Waals surface area contributed by atoms with Crippen molar-refractivity contribution in [2.45, 2.75) is 42.6 Å². The van der Waals surface area contributed by atoms with Gasteiger partial charge in [0.1, 0.15) is 16.7 Å². The minimum absolute atomic E-state index is 0. The van der Waals surface area contributed by atoms with Crippen LogP contribution in [0.15, 0.2) is 41.7 Å². The molecule has 0 spiro atoms. The van der Waals surface area contributed by atoms with Gasteiger partial charge in [-0.3, -0.25) is 10.2 Å². The van der Waals surface area contributed by atoms with E-state index in [-0.39, 0.29) is 29.6 Å². The fourth-order valence-corrected chi connectivity index (χ4v) is 3.88. The van der Waals surface area contributed by atoms with Gasteiger partial charge in [0.15, 0.2) is 9.84 Å². The summed E-state index contributed by atoms with van der Waals surface area (Å²) in [6.07, 6.45) is 2.49. The van der Waals surface area contributed by atoms with Gasteiger partial charge in [0.05, 0.1) is 24.0 Å². The van der Waals surface area contributed by atoms with Gasteiger partial charge in [-0.25, -0.2) is 18.8 Å². The summed E-state index contributed by atoms with van der Waals surface area (Å²) < 4.78 is 31.0. The molecule has 1 heterocycles. The highest BCUT2D eigenvalue weighted by molar-refractivity contribution is 7.92. The zero-order chi connectivity index (χ0) is 20.9. The first-order valence-corrected chi connectivity index (χ1v) is 10.1. The number of ether oxygens (including phenoxy) is 1. The number of aryl methyl sites for hydroxylation is 2. The summed E-state index contributed by atoms with van der Waals surface area (Å²) >= 11 is 0. The van der Waals surface area contributed by atoms with Gasteiger partial charge in [-0.05, 0) is 44.5 Å². The standard InChI is InChI=1S/C18H26N4O5S.ClH/c1-18(2,28(25,26)15-8-6-14(27-4)7-9-15)17(24)21-20-16(23)10-5-13-11-22(3)12-19-13;/h6-9,11-12,17,21,24H,5,10H2,1-4H3,(H,20,23);1H. The largest absolute Gasteiger partial charge is 0.497 e. The van der Waals surface area contributed by atoms with Crippen molar-refractivity contribution >= 4 is 28.2 Å². The smallest absolute Gasteiger partial charge is 0.234 e. The van der Waals surface area contributed by atoms with Crippen molar-refractivity contribution in [2.75, 3.05) is 7.11 Å². The second kappa shape index (κ2) is 10.1. The number of aliphatic hydroxyl groups is 1. The number of methoxy groups -OCH3 is 1.